The van der Waals surface area contributed by atoms with Gasteiger partial charge in [0.2, 0.25) is 0 Å². The summed E-state index contributed by atoms with van der Waals surface area (Å²) in [5, 5.41) is 2.01. The van der Waals surface area contributed by atoms with Gasteiger partial charge in [0.25, 0.3) is 0 Å². The molecule has 0 bridgehead atoms. The van der Waals surface area contributed by atoms with Gasteiger partial charge >= 0.3 is 0 Å². The van der Waals surface area contributed by atoms with Crippen LogP contribution in [-0.4, -0.2) is 60.8 Å². The number of hydrogen-bond acceptors (Lipinski definition) is 7. The normalized spacial score (nSPS) is 12.3. The molecule has 0 aromatic heterocycles. The fourth-order valence-electron chi connectivity index (χ4n) is 3.94. The smallest absolute Gasteiger partial charge is 0.188 e. The van der Waals surface area contributed by atoms with Crippen LogP contribution in [-0.2, 0) is 20.3 Å². The number of ether oxygens (including phenoxy) is 6. The lowest BCUT2D eigenvalue weighted by Gasteiger charge is -2.34. The first-order valence-corrected chi connectivity index (χ1v) is 13.2. The quantitative estimate of drug-likeness (QED) is 0.299. The second-order valence-electron chi connectivity index (χ2n) is 10.8. The maximum Gasteiger partial charge on any atom is 0.188 e. The molecule has 0 heterocycles. The lowest BCUT2D eigenvalue weighted by molar-refractivity contribution is 0.0505. The van der Waals surface area contributed by atoms with Gasteiger partial charge in [-0.3, -0.25) is 4.67 Å². The van der Waals surface area contributed by atoms with Crippen LogP contribution in [0.2, 0.25) is 0 Å². The molecule has 0 amide bonds. The molecule has 2 rings (SSSR count). The van der Waals surface area contributed by atoms with Gasteiger partial charge in [0.05, 0.1) is 14.2 Å². The van der Waals surface area contributed by atoms with E-state index < -0.39 is 8.07 Å². The summed E-state index contributed by atoms with van der Waals surface area (Å²) in [5.41, 5.74) is 1.70. The highest BCUT2D eigenvalue weighted by Gasteiger charge is 2.33. The Labute approximate surface area is 218 Å². The molecule has 8 heteroatoms. The molecular weight excluding hydrogens is 477 g/mol. The third-order valence-electron chi connectivity index (χ3n) is 5.67. The Morgan fingerprint density at radius 2 is 1.00 bits per heavy atom. The van der Waals surface area contributed by atoms with Crippen molar-refractivity contribution in [2.45, 2.75) is 52.4 Å². The van der Waals surface area contributed by atoms with Gasteiger partial charge in [0, 0.05) is 44.0 Å². The largest absolute Gasteiger partial charge is 0.497 e. The molecule has 2 aromatic rings. The Bertz CT molecular complexity index is 933. The first kappa shape index (κ1) is 30.2. The Hall–Kier alpha value is -2.05. The van der Waals surface area contributed by atoms with Crippen LogP contribution in [0.5, 0.6) is 23.0 Å². The average molecular weight is 522 g/mol. The monoisotopic (exact) mass is 521 g/mol. The van der Waals surface area contributed by atoms with Gasteiger partial charge in [-0.1, -0.05) is 41.5 Å². The van der Waals surface area contributed by atoms with Crippen molar-refractivity contribution in [2.75, 3.05) is 56.1 Å². The fraction of sp³-hybridized carbons (Fsp3) is 0.571. The Balaban J connectivity index is 3.01. The average Bonchev–Trinajstić information content (AvgIpc) is 2.80. The molecule has 36 heavy (non-hydrogen) atoms. The summed E-state index contributed by atoms with van der Waals surface area (Å²) in [6, 6.07) is 8.21. The van der Waals surface area contributed by atoms with Crippen LogP contribution in [0.25, 0.3) is 0 Å². The SMILES string of the molecule is COCOc1c(P(c2cc(OC)cc(C(C)(C)C)c2OCOC)N(C)C)cc(OC)cc1C(C)(C)C. The molecule has 202 valence electrons. The molecule has 0 N–H and O–H groups in total. The van der Waals surface area contributed by atoms with Gasteiger partial charge in [0.15, 0.2) is 13.6 Å². The van der Waals surface area contributed by atoms with Crippen LogP contribution in [0.1, 0.15) is 52.7 Å². The molecule has 2 aromatic carbocycles. The van der Waals surface area contributed by atoms with E-state index in [1.165, 1.54) is 0 Å². The van der Waals surface area contributed by atoms with Gasteiger partial charge < -0.3 is 28.4 Å². The van der Waals surface area contributed by atoms with Crippen LogP contribution < -0.4 is 29.6 Å². The van der Waals surface area contributed by atoms with Crippen LogP contribution in [0.4, 0.5) is 0 Å². The lowest BCUT2D eigenvalue weighted by atomic mass is 9.86. The predicted molar refractivity (Wildman–Crippen MR) is 148 cm³/mol. The number of nitrogens with zero attached hydrogens (tertiary/aromatic N) is 1. The molecular formula is C28H44NO6P. The molecule has 0 saturated heterocycles. The minimum absolute atomic E-state index is 0.136. The van der Waals surface area contributed by atoms with E-state index >= 15 is 0 Å². The van der Waals surface area contributed by atoms with Crippen LogP contribution in [0, 0.1) is 0 Å². The van der Waals surface area contributed by atoms with E-state index in [2.05, 4.69) is 72.4 Å². The third-order valence-corrected chi connectivity index (χ3v) is 8.05. The molecule has 0 aliphatic heterocycles. The second kappa shape index (κ2) is 12.5. The van der Waals surface area contributed by atoms with Gasteiger partial charge in [-0.25, -0.2) is 0 Å². The summed E-state index contributed by atoms with van der Waals surface area (Å²) in [5.74, 6) is 3.13. The third kappa shape index (κ3) is 7.04. The summed E-state index contributed by atoms with van der Waals surface area (Å²) in [6.07, 6.45) is 0. The maximum atomic E-state index is 6.29. The zero-order valence-electron chi connectivity index (χ0n) is 24.1. The predicted octanol–water partition coefficient (Wildman–Crippen LogP) is 5.17. The Morgan fingerprint density at radius 1 is 0.639 bits per heavy atom. The highest BCUT2D eigenvalue weighted by Crippen LogP contribution is 2.48. The van der Waals surface area contributed by atoms with Crippen LogP contribution in [0.15, 0.2) is 24.3 Å². The zero-order chi connectivity index (χ0) is 27.3. The van der Waals surface area contributed by atoms with Crippen molar-refractivity contribution < 1.29 is 28.4 Å². The van der Waals surface area contributed by atoms with Crippen molar-refractivity contribution in [3.8, 4) is 23.0 Å². The Morgan fingerprint density at radius 3 is 1.25 bits per heavy atom. The van der Waals surface area contributed by atoms with Crippen molar-refractivity contribution in [3.63, 3.8) is 0 Å². The number of methoxy groups -OCH3 is 4. The minimum Gasteiger partial charge on any atom is -0.497 e. The minimum atomic E-state index is -1.14. The molecule has 0 spiro atoms. The number of rotatable bonds is 11. The van der Waals surface area contributed by atoms with Crippen molar-refractivity contribution in [1.29, 1.82) is 0 Å². The zero-order valence-corrected chi connectivity index (χ0v) is 25.0. The highest BCUT2D eigenvalue weighted by molar-refractivity contribution is 7.71. The van der Waals surface area contributed by atoms with E-state index in [1.54, 1.807) is 28.4 Å². The molecule has 0 radical (unpaired) electrons. The first-order chi connectivity index (χ1) is 16.8. The van der Waals surface area contributed by atoms with E-state index in [9.17, 15) is 0 Å². The Kier molecular flexibility index (Phi) is 10.4. The lowest BCUT2D eigenvalue weighted by Crippen LogP contribution is -2.30. The summed E-state index contributed by atoms with van der Waals surface area (Å²) >= 11 is 0. The first-order valence-electron chi connectivity index (χ1n) is 12.0. The molecule has 7 nitrogen and oxygen atoms in total. The maximum absolute atomic E-state index is 6.29. The molecule has 0 unspecified atom stereocenters. The fourth-order valence-corrected chi connectivity index (χ4v) is 6.32. The molecule has 0 atom stereocenters. The standard InChI is InChI=1S/C28H44NO6P/c1-27(2,3)21-13-19(32-11)15-23(25(21)34-17-30-9)36(29(7)8)24-16-20(33-12)14-22(28(4,5)6)26(24)35-18-31-10/h13-16H,17-18H2,1-12H3. The van der Waals surface area contributed by atoms with E-state index in [-0.39, 0.29) is 24.4 Å². The number of hydrogen-bond donors (Lipinski definition) is 0. The van der Waals surface area contributed by atoms with E-state index in [0.717, 1.165) is 44.7 Å². The molecule has 0 saturated carbocycles. The van der Waals surface area contributed by atoms with Crippen molar-refractivity contribution >= 4 is 18.7 Å². The summed E-state index contributed by atoms with van der Waals surface area (Å²) in [6.45, 7) is 13.3. The molecule has 0 aliphatic rings. The second-order valence-corrected chi connectivity index (χ2v) is 13.2. The number of benzene rings is 2. The van der Waals surface area contributed by atoms with Crippen LogP contribution >= 0.6 is 8.07 Å². The molecule has 0 aliphatic carbocycles. The van der Waals surface area contributed by atoms with Gasteiger partial charge in [-0.05, 0) is 49.2 Å². The summed E-state index contributed by atoms with van der Waals surface area (Å²) in [7, 11) is 9.63. The molecule has 0 fully saturated rings. The van der Waals surface area contributed by atoms with E-state index in [1.807, 2.05) is 12.1 Å². The summed E-state index contributed by atoms with van der Waals surface area (Å²) < 4.78 is 37.0. The highest BCUT2D eigenvalue weighted by atomic mass is 31.1. The van der Waals surface area contributed by atoms with Gasteiger partial charge in [-0.15, -0.1) is 0 Å². The van der Waals surface area contributed by atoms with Gasteiger partial charge in [-0.2, -0.15) is 0 Å². The topological polar surface area (TPSA) is 58.6 Å². The summed E-state index contributed by atoms with van der Waals surface area (Å²) in [4.78, 5) is 0. The van der Waals surface area contributed by atoms with Crippen molar-refractivity contribution in [3.05, 3.63) is 35.4 Å². The van der Waals surface area contributed by atoms with E-state index in [4.69, 9.17) is 28.4 Å². The van der Waals surface area contributed by atoms with Crippen LogP contribution in [0.3, 0.4) is 0 Å². The van der Waals surface area contributed by atoms with Crippen molar-refractivity contribution in [2.24, 2.45) is 0 Å². The van der Waals surface area contributed by atoms with Crippen molar-refractivity contribution in [1.82, 2.24) is 4.67 Å². The van der Waals surface area contributed by atoms with E-state index in [0.29, 0.717) is 0 Å². The van der Waals surface area contributed by atoms with Gasteiger partial charge in [0.1, 0.15) is 23.0 Å².